The van der Waals surface area contributed by atoms with Crippen LogP contribution in [0.5, 0.6) is 0 Å². The predicted molar refractivity (Wildman–Crippen MR) is 44.7 cm³/mol. The predicted octanol–water partition coefficient (Wildman–Crippen LogP) is 1.07. The Kier molecular flexibility index (Phi) is 3.07. The molecule has 60 valence electrons. The molecule has 0 bridgehead atoms. The van der Waals surface area contributed by atoms with E-state index in [-0.39, 0.29) is 18.9 Å². The SMILES string of the molecule is O=C(CCO)Nc1cccs1. The molecule has 0 aliphatic carbocycles. The normalized spacial score (nSPS) is 9.55. The van der Waals surface area contributed by atoms with Crippen LogP contribution in [-0.4, -0.2) is 17.6 Å². The molecule has 1 heterocycles. The topological polar surface area (TPSA) is 49.3 Å². The summed E-state index contributed by atoms with van der Waals surface area (Å²) in [5.41, 5.74) is 0. The van der Waals surface area contributed by atoms with Crippen molar-refractivity contribution in [3.05, 3.63) is 17.5 Å². The van der Waals surface area contributed by atoms with Crippen LogP contribution in [0.25, 0.3) is 0 Å². The zero-order valence-electron chi connectivity index (χ0n) is 5.91. The van der Waals surface area contributed by atoms with Crippen molar-refractivity contribution in [2.24, 2.45) is 0 Å². The second-order valence-electron chi connectivity index (χ2n) is 2.00. The van der Waals surface area contributed by atoms with Gasteiger partial charge in [0, 0.05) is 0 Å². The Morgan fingerprint density at radius 3 is 3.09 bits per heavy atom. The van der Waals surface area contributed by atoms with Crippen LogP contribution in [0.3, 0.4) is 0 Å². The van der Waals surface area contributed by atoms with Gasteiger partial charge in [0.05, 0.1) is 18.0 Å². The number of nitrogens with one attached hydrogen (secondary N) is 1. The van der Waals surface area contributed by atoms with E-state index in [4.69, 9.17) is 5.11 Å². The van der Waals surface area contributed by atoms with E-state index < -0.39 is 0 Å². The van der Waals surface area contributed by atoms with E-state index in [0.29, 0.717) is 0 Å². The third-order valence-corrected chi connectivity index (χ3v) is 1.91. The average Bonchev–Trinajstić information content (AvgIpc) is 2.40. The van der Waals surface area contributed by atoms with Crippen molar-refractivity contribution in [2.75, 3.05) is 11.9 Å². The van der Waals surface area contributed by atoms with E-state index in [2.05, 4.69) is 5.32 Å². The quantitative estimate of drug-likeness (QED) is 0.714. The first-order valence-electron chi connectivity index (χ1n) is 3.27. The smallest absolute Gasteiger partial charge is 0.227 e. The number of hydrogen-bond acceptors (Lipinski definition) is 3. The number of carbonyl (C=O) groups is 1. The summed E-state index contributed by atoms with van der Waals surface area (Å²) >= 11 is 1.46. The molecule has 0 aromatic carbocycles. The zero-order valence-corrected chi connectivity index (χ0v) is 6.73. The molecule has 4 heteroatoms. The van der Waals surface area contributed by atoms with Crippen LogP contribution < -0.4 is 5.32 Å². The molecule has 0 fully saturated rings. The Labute approximate surface area is 68.7 Å². The van der Waals surface area contributed by atoms with Gasteiger partial charge in [0.15, 0.2) is 0 Å². The van der Waals surface area contributed by atoms with Crippen LogP contribution in [0.1, 0.15) is 6.42 Å². The Morgan fingerprint density at radius 1 is 1.73 bits per heavy atom. The van der Waals surface area contributed by atoms with E-state index >= 15 is 0 Å². The number of hydrogen-bond donors (Lipinski definition) is 2. The maximum atomic E-state index is 10.8. The summed E-state index contributed by atoms with van der Waals surface area (Å²) < 4.78 is 0. The lowest BCUT2D eigenvalue weighted by molar-refractivity contribution is -0.116. The summed E-state index contributed by atoms with van der Waals surface area (Å²) in [6.45, 7) is -0.1000. The largest absolute Gasteiger partial charge is 0.396 e. The molecule has 0 saturated heterocycles. The molecule has 1 amide bonds. The number of aliphatic hydroxyl groups is 1. The fraction of sp³-hybridized carbons (Fsp3) is 0.286. The second kappa shape index (κ2) is 4.10. The maximum Gasteiger partial charge on any atom is 0.227 e. The van der Waals surface area contributed by atoms with Gasteiger partial charge < -0.3 is 10.4 Å². The fourth-order valence-electron chi connectivity index (χ4n) is 0.651. The fourth-order valence-corrected chi connectivity index (χ4v) is 1.28. The number of aliphatic hydroxyl groups excluding tert-OH is 1. The molecule has 1 aromatic rings. The second-order valence-corrected chi connectivity index (χ2v) is 2.95. The van der Waals surface area contributed by atoms with Crippen molar-refractivity contribution < 1.29 is 9.90 Å². The highest BCUT2D eigenvalue weighted by atomic mass is 32.1. The van der Waals surface area contributed by atoms with Crippen molar-refractivity contribution >= 4 is 22.2 Å². The van der Waals surface area contributed by atoms with Crippen molar-refractivity contribution in [2.45, 2.75) is 6.42 Å². The molecule has 0 spiro atoms. The first-order chi connectivity index (χ1) is 5.33. The Hall–Kier alpha value is -0.870. The average molecular weight is 171 g/mol. The molecule has 2 N–H and O–H groups in total. The van der Waals surface area contributed by atoms with Crippen molar-refractivity contribution in [3.63, 3.8) is 0 Å². The minimum Gasteiger partial charge on any atom is -0.396 e. The van der Waals surface area contributed by atoms with Crippen molar-refractivity contribution in [3.8, 4) is 0 Å². The molecule has 1 rings (SSSR count). The zero-order chi connectivity index (χ0) is 8.10. The van der Waals surface area contributed by atoms with Gasteiger partial charge in [-0.25, -0.2) is 0 Å². The van der Waals surface area contributed by atoms with Crippen LogP contribution in [0, 0.1) is 0 Å². The molecular weight excluding hydrogens is 162 g/mol. The molecule has 1 aromatic heterocycles. The van der Waals surface area contributed by atoms with Gasteiger partial charge in [-0.2, -0.15) is 0 Å². The van der Waals surface area contributed by atoms with Gasteiger partial charge in [0.2, 0.25) is 5.91 Å². The lowest BCUT2D eigenvalue weighted by atomic mass is 10.4. The van der Waals surface area contributed by atoms with Gasteiger partial charge in [-0.15, -0.1) is 11.3 Å². The van der Waals surface area contributed by atoms with Crippen molar-refractivity contribution in [1.82, 2.24) is 0 Å². The third-order valence-electron chi connectivity index (χ3n) is 1.12. The number of rotatable bonds is 3. The van der Waals surface area contributed by atoms with E-state index in [9.17, 15) is 4.79 Å². The number of thiophene rings is 1. The van der Waals surface area contributed by atoms with E-state index in [1.807, 2.05) is 17.5 Å². The third kappa shape index (κ3) is 2.69. The molecule has 0 unspecified atom stereocenters. The van der Waals surface area contributed by atoms with Crippen LogP contribution in [0.4, 0.5) is 5.00 Å². The molecule has 0 aliphatic rings. The van der Waals surface area contributed by atoms with Crippen LogP contribution in [0.2, 0.25) is 0 Å². The van der Waals surface area contributed by atoms with E-state index in [1.54, 1.807) is 0 Å². The van der Waals surface area contributed by atoms with Gasteiger partial charge in [0.25, 0.3) is 0 Å². The number of anilines is 1. The highest BCUT2D eigenvalue weighted by Gasteiger charge is 1.99. The Bertz CT molecular complexity index is 220. The van der Waals surface area contributed by atoms with Gasteiger partial charge in [-0.05, 0) is 17.5 Å². The first-order valence-corrected chi connectivity index (χ1v) is 4.15. The van der Waals surface area contributed by atoms with E-state index in [1.165, 1.54) is 11.3 Å². The van der Waals surface area contributed by atoms with Gasteiger partial charge in [-0.1, -0.05) is 0 Å². The maximum absolute atomic E-state index is 10.8. The summed E-state index contributed by atoms with van der Waals surface area (Å²) in [4.78, 5) is 10.8. The first kappa shape index (κ1) is 8.23. The lowest BCUT2D eigenvalue weighted by Crippen LogP contribution is -2.11. The van der Waals surface area contributed by atoms with Crippen molar-refractivity contribution in [1.29, 1.82) is 0 Å². The summed E-state index contributed by atoms with van der Waals surface area (Å²) in [5, 5.41) is 13.8. The minimum atomic E-state index is -0.144. The van der Waals surface area contributed by atoms with Crippen LogP contribution >= 0.6 is 11.3 Å². The summed E-state index contributed by atoms with van der Waals surface area (Å²) in [5.74, 6) is -0.144. The monoisotopic (exact) mass is 171 g/mol. The standard InChI is InChI=1S/C7H9NO2S/c9-4-3-6(10)8-7-2-1-5-11-7/h1-2,5,9H,3-4H2,(H,8,10). The minimum absolute atomic E-state index is 0.1000. The van der Waals surface area contributed by atoms with E-state index in [0.717, 1.165) is 5.00 Å². The molecule has 0 saturated carbocycles. The highest BCUT2D eigenvalue weighted by molar-refractivity contribution is 7.14. The molecule has 0 aliphatic heterocycles. The molecule has 11 heavy (non-hydrogen) atoms. The van der Waals surface area contributed by atoms with Crippen LogP contribution in [-0.2, 0) is 4.79 Å². The highest BCUT2D eigenvalue weighted by Crippen LogP contribution is 2.14. The summed E-state index contributed by atoms with van der Waals surface area (Å²) in [6.07, 6.45) is 0.165. The van der Waals surface area contributed by atoms with Gasteiger partial charge in [0.1, 0.15) is 0 Å². The number of carbonyl (C=O) groups excluding carboxylic acids is 1. The van der Waals surface area contributed by atoms with Crippen LogP contribution in [0.15, 0.2) is 17.5 Å². The molecular formula is C7H9NO2S. The summed E-state index contributed by atoms with van der Waals surface area (Å²) in [6, 6.07) is 3.68. The summed E-state index contributed by atoms with van der Waals surface area (Å²) in [7, 11) is 0. The molecule has 0 radical (unpaired) electrons. The Morgan fingerprint density at radius 2 is 2.55 bits per heavy atom. The molecule has 3 nitrogen and oxygen atoms in total. The lowest BCUT2D eigenvalue weighted by Gasteiger charge is -1.98. The number of amides is 1. The van der Waals surface area contributed by atoms with Gasteiger partial charge in [-0.3, -0.25) is 4.79 Å². The van der Waals surface area contributed by atoms with Gasteiger partial charge >= 0.3 is 0 Å². The Balaban J connectivity index is 2.37. The molecule has 0 atom stereocenters.